The number of rotatable bonds is 5. The molecule has 1 N–H and O–H groups in total. The molecule has 0 saturated carbocycles. The van der Waals surface area contributed by atoms with Crippen molar-refractivity contribution in [3.8, 4) is 11.1 Å². The summed E-state index contributed by atoms with van der Waals surface area (Å²) in [7, 11) is 0. The monoisotopic (exact) mass is 461 g/mol. The lowest BCUT2D eigenvalue weighted by Crippen LogP contribution is -2.41. The van der Waals surface area contributed by atoms with Gasteiger partial charge in [-0.25, -0.2) is 14.4 Å². The molecule has 5 rings (SSSR count). The number of hydrogen-bond donors (Lipinski definition) is 1. The minimum atomic E-state index is -0.290. The van der Waals surface area contributed by atoms with Gasteiger partial charge in [-0.3, -0.25) is 4.79 Å². The van der Waals surface area contributed by atoms with E-state index in [1.807, 2.05) is 35.2 Å². The molecule has 0 spiro atoms. The quantitative estimate of drug-likeness (QED) is 0.620. The summed E-state index contributed by atoms with van der Waals surface area (Å²) in [5.41, 5.74) is 3.44. The molecule has 8 heteroatoms. The van der Waals surface area contributed by atoms with E-state index in [-0.39, 0.29) is 17.6 Å². The smallest absolute Gasteiger partial charge is 0.229 e. The van der Waals surface area contributed by atoms with E-state index in [1.165, 1.54) is 12.1 Å². The molecule has 0 bridgehead atoms. The first kappa shape index (κ1) is 22.3. The largest absolute Gasteiger partial charge is 0.378 e. The standard InChI is InChI=1S/C26H28FN5O2/c27-22-5-1-3-19(15-22)21-16-28-26(29-17-21)32-10-2-4-20(18-32)25(33)30-23-6-8-24(9-7-23)31-11-13-34-14-12-31/h1,3,5-9,15-17,20H,2,4,10-14,18H2,(H,30,33)/t20-/m1/s1. The molecule has 2 aliphatic heterocycles. The molecule has 2 fully saturated rings. The Kier molecular flexibility index (Phi) is 6.67. The van der Waals surface area contributed by atoms with E-state index >= 15 is 0 Å². The average Bonchev–Trinajstić information content (AvgIpc) is 2.90. The zero-order chi connectivity index (χ0) is 23.3. The summed E-state index contributed by atoms with van der Waals surface area (Å²) in [5.74, 6) is 0.175. The van der Waals surface area contributed by atoms with Crippen LogP contribution in [0.25, 0.3) is 11.1 Å². The summed E-state index contributed by atoms with van der Waals surface area (Å²) < 4.78 is 18.9. The molecule has 1 atom stereocenters. The van der Waals surface area contributed by atoms with Gasteiger partial charge in [0.15, 0.2) is 0 Å². The average molecular weight is 462 g/mol. The van der Waals surface area contributed by atoms with E-state index in [1.54, 1.807) is 18.5 Å². The molecule has 1 amide bonds. The topological polar surface area (TPSA) is 70.6 Å². The van der Waals surface area contributed by atoms with Crippen LogP contribution in [0.2, 0.25) is 0 Å². The van der Waals surface area contributed by atoms with Crippen molar-refractivity contribution in [1.82, 2.24) is 9.97 Å². The Morgan fingerprint density at radius 3 is 2.47 bits per heavy atom. The van der Waals surface area contributed by atoms with Gasteiger partial charge in [0, 0.05) is 55.5 Å². The van der Waals surface area contributed by atoms with E-state index in [4.69, 9.17) is 4.74 Å². The summed E-state index contributed by atoms with van der Waals surface area (Å²) in [6.07, 6.45) is 5.13. The molecule has 3 aromatic rings. The highest BCUT2D eigenvalue weighted by atomic mass is 19.1. The normalized spacial score (nSPS) is 18.6. The fraction of sp³-hybridized carbons (Fsp3) is 0.346. The molecule has 176 valence electrons. The van der Waals surface area contributed by atoms with Crippen molar-refractivity contribution in [2.75, 3.05) is 54.5 Å². The number of morpholine rings is 1. The lowest BCUT2D eigenvalue weighted by molar-refractivity contribution is -0.120. The summed E-state index contributed by atoms with van der Waals surface area (Å²) in [4.78, 5) is 26.3. The Morgan fingerprint density at radius 1 is 0.971 bits per heavy atom. The number of nitrogens with one attached hydrogen (secondary N) is 1. The molecule has 7 nitrogen and oxygen atoms in total. The summed E-state index contributed by atoms with van der Waals surface area (Å²) in [5, 5.41) is 3.06. The van der Waals surface area contributed by atoms with Gasteiger partial charge >= 0.3 is 0 Å². The van der Waals surface area contributed by atoms with Crippen molar-refractivity contribution in [2.45, 2.75) is 12.8 Å². The van der Waals surface area contributed by atoms with Gasteiger partial charge in [-0.1, -0.05) is 12.1 Å². The molecule has 2 aromatic carbocycles. The van der Waals surface area contributed by atoms with Gasteiger partial charge in [0.1, 0.15) is 5.82 Å². The minimum Gasteiger partial charge on any atom is -0.378 e. The molecular weight excluding hydrogens is 433 g/mol. The zero-order valence-electron chi connectivity index (χ0n) is 19.0. The molecule has 2 aliphatic rings. The Labute approximate surface area is 198 Å². The number of nitrogens with zero attached hydrogens (tertiary/aromatic N) is 4. The Balaban J connectivity index is 1.19. The number of amides is 1. The van der Waals surface area contributed by atoms with Crippen LogP contribution in [0.3, 0.4) is 0 Å². The first-order valence-corrected chi connectivity index (χ1v) is 11.7. The summed E-state index contributed by atoms with van der Waals surface area (Å²) in [6, 6.07) is 14.4. The van der Waals surface area contributed by atoms with Crippen molar-refractivity contribution in [3.05, 3.63) is 66.7 Å². The summed E-state index contributed by atoms with van der Waals surface area (Å²) >= 11 is 0. The van der Waals surface area contributed by atoms with Crippen LogP contribution < -0.4 is 15.1 Å². The van der Waals surface area contributed by atoms with Gasteiger partial charge in [-0.2, -0.15) is 0 Å². The summed E-state index contributed by atoms with van der Waals surface area (Å²) in [6.45, 7) is 4.62. The van der Waals surface area contributed by atoms with Gasteiger partial charge in [-0.05, 0) is 54.8 Å². The fourth-order valence-electron chi connectivity index (χ4n) is 4.50. The maximum absolute atomic E-state index is 13.5. The maximum atomic E-state index is 13.5. The maximum Gasteiger partial charge on any atom is 0.229 e. The number of halogens is 1. The molecule has 34 heavy (non-hydrogen) atoms. The SMILES string of the molecule is O=C(Nc1ccc(N2CCOCC2)cc1)[C@@H]1CCCN(c2ncc(-c3cccc(F)c3)cn2)C1. The highest BCUT2D eigenvalue weighted by Gasteiger charge is 2.27. The third-order valence-corrected chi connectivity index (χ3v) is 6.38. The van der Waals surface area contributed by atoms with E-state index in [0.29, 0.717) is 12.5 Å². The van der Waals surface area contributed by atoms with Crippen LogP contribution in [0, 0.1) is 11.7 Å². The minimum absolute atomic E-state index is 0.0141. The van der Waals surface area contributed by atoms with Crippen LogP contribution in [0.5, 0.6) is 0 Å². The van der Waals surface area contributed by atoms with Gasteiger partial charge in [0.25, 0.3) is 0 Å². The van der Waals surface area contributed by atoms with Crippen LogP contribution >= 0.6 is 0 Å². The lowest BCUT2D eigenvalue weighted by Gasteiger charge is -2.32. The fourth-order valence-corrected chi connectivity index (χ4v) is 4.50. The molecule has 2 saturated heterocycles. The van der Waals surface area contributed by atoms with Gasteiger partial charge in [-0.15, -0.1) is 0 Å². The van der Waals surface area contributed by atoms with Crippen LogP contribution in [0.4, 0.5) is 21.7 Å². The second-order valence-electron chi connectivity index (χ2n) is 8.70. The van der Waals surface area contributed by atoms with Crippen molar-refractivity contribution in [2.24, 2.45) is 5.92 Å². The van der Waals surface area contributed by atoms with E-state index in [2.05, 4.69) is 20.2 Å². The van der Waals surface area contributed by atoms with Gasteiger partial charge < -0.3 is 19.9 Å². The van der Waals surface area contributed by atoms with E-state index in [0.717, 1.165) is 68.2 Å². The number of hydrogen-bond acceptors (Lipinski definition) is 6. The van der Waals surface area contributed by atoms with Crippen LogP contribution in [-0.2, 0) is 9.53 Å². The van der Waals surface area contributed by atoms with Crippen molar-refractivity contribution < 1.29 is 13.9 Å². The van der Waals surface area contributed by atoms with Crippen LogP contribution in [0.1, 0.15) is 12.8 Å². The number of aromatic nitrogens is 2. The van der Waals surface area contributed by atoms with Crippen molar-refractivity contribution in [3.63, 3.8) is 0 Å². The number of carbonyl (C=O) groups is 1. The third kappa shape index (κ3) is 5.17. The Bertz CT molecular complexity index is 1120. The molecule has 3 heterocycles. The highest BCUT2D eigenvalue weighted by Crippen LogP contribution is 2.25. The first-order chi connectivity index (χ1) is 16.7. The molecule has 1 aromatic heterocycles. The zero-order valence-corrected chi connectivity index (χ0v) is 19.0. The van der Waals surface area contributed by atoms with E-state index in [9.17, 15) is 9.18 Å². The van der Waals surface area contributed by atoms with Gasteiger partial charge in [0.05, 0.1) is 19.1 Å². The molecular formula is C26H28FN5O2. The number of benzene rings is 2. The first-order valence-electron chi connectivity index (χ1n) is 11.7. The number of ether oxygens (including phenoxy) is 1. The number of piperidine rings is 1. The lowest BCUT2D eigenvalue weighted by atomic mass is 9.97. The third-order valence-electron chi connectivity index (χ3n) is 6.38. The predicted octanol–water partition coefficient (Wildman–Crippen LogP) is 3.97. The van der Waals surface area contributed by atoms with E-state index < -0.39 is 0 Å². The molecule has 0 radical (unpaired) electrons. The highest BCUT2D eigenvalue weighted by molar-refractivity contribution is 5.93. The second-order valence-corrected chi connectivity index (χ2v) is 8.70. The second kappa shape index (κ2) is 10.2. The van der Waals surface area contributed by atoms with Crippen molar-refractivity contribution in [1.29, 1.82) is 0 Å². The Hall–Kier alpha value is -3.52. The van der Waals surface area contributed by atoms with Crippen molar-refractivity contribution >= 4 is 23.2 Å². The predicted molar refractivity (Wildman–Crippen MR) is 130 cm³/mol. The Morgan fingerprint density at radius 2 is 1.74 bits per heavy atom. The van der Waals surface area contributed by atoms with Crippen LogP contribution in [0.15, 0.2) is 60.9 Å². The van der Waals surface area contributed by atoms with Crippen LogP contribution in [-0.4, -0.2) is 55.3 Å². The number of anilines is 3. The molecule has 0 aliphatic carbocycles. The molecule has 0 unspecified atom stereocenters. The van der Waals surface area contributed by atoms with Gasteiger partial charge in [0.2, 0.25) is 11.9 Å². The number of carbonyl (C=O) groups excluding carboxylic acids is 1.